The van der Waals surface area contributed by atoms with Gasteiger partial charge in [-0.15, -0.1) is 0 Å². The molecular weight excluding hydrogens is 290 g/mol. The summed E-state index contributed by atoms with van der Waals surface area (Å²) in [6, 6.07) is 8.33. The number of ether oxygens (including phenoxy) is 1. The number of nitrogens with zero attached hydrogens (tertiary/aromatic N) is 4. The molecule has 0 aliphatic heterocycles. The number of rotatable bonds is 4. The summed E-state index contributed by atoms with van der Waals surface area (Å²) in [5.74, 6) is 0. The van der Waals surface area contributed by atoms with Crippen molar-refractivity contribution in [2.24, 2.45) is 0 Å². The lowest BCUT2D eigenvalue weighted by atomic mass is 10.1. The zero-order valence-corrected chi connectivity index (χ0v) is 13.0. The molecule has 0 amide bonds. The summed E-state index contributed by atoms with van der Waals surface area (Å²) >= 11 is 0. The normalized spacial score (nSPS) is 13.0. The highest BCUT2D eigenvalue weighted by atomic mass is 16.5. The number of aromatic amines is 1. The van der Waals surface area contributed by atoms with E-state index in [1.807, 2.05) is 12.1 Å². The van der Waals surface area contributed by atoms with Crippen LogP contribution in [0.25, 0.3) is 33.2 Å². The maximum atomic E-state index is 5.32. The molecule has 23 heavy (non-hydrogen) atoms. The summed E-state index contributed by atoms with van der Waals surface area (Å²) in [7, 11) is 1.72. The highest BCUT2D eigenvalue weighted by molar-refractivity contribution is 6.00. The van der Waals surface area contributed by atoms with Crippen LogP contribution in [0.5, 0.6) is 0 Å². The zero-order valence-electron chi connectivity index (χ0n) is 13.0. The van der Waals surface area contributed by atoms with Gasteiger partial charge in [0, 0.05) is 30.5 Å². The van der Waals surface area contributed by atoms with E-state index in [1.165, 1.54) is 0 Å². The first-order chi connectivity index (χ1) is 11.3. The van der Waals surface area contributed by atoms with Crippen molar-refractivity contribution in [2.75, 3.05) is 13.7 Å². The molecule has 1 N–H and O–H groups in total. The molecule has 1 aromatic carbocycles. The lowest BCUT2D eigenvalue weighted by Gasteiger charge is -2.13. The molecule has 3 aromatic heterocycles. The Morgan fingerprint density at radius 3 is 2.65 bits per heavy atom. The number of benzene rings is 1. The third-order valence-corrected chi connectivity index (χ3v) is 4.07. The van der Waals surface area contributed by atoms with Crippen LogP contribution in [-0.2, 0) is 4.74 Å². The molecule has 0 aliphatic rings. The number of hydrogen-bond acceptors (Lipinski definition) is 4. The Bertz CT molecular complexity index is 957. The van der Waals surface area contributed by atoms with Crippen LogP contribution >= 0.6 is 0 Å². The number of aromatic nitrogens is 5. The van der Waals surface area contributed by atoms with E-state index in [2.05, 4.69) is 43.8 Å². The SMILES string of the molecule is COC[C@@H](C)n1[nH]c(-c2ccncc2)c2cc3ncnc3cc21. The third kappa shape index (κ3) is 2.27. The first-order valence-corrected chi connectivity index (χ1v) is 7.52. The first-order valence-electron chi connectivity index (χ1n) is 7.52. The lowest BCUT2D eigenvalue weighted by molar-refractivity contribution is 0.159. The van der Waals surface area contributed by atoms with Gasteiger partial charge in [0.25, 0.3) is 0 Å². The van der Waals surface area contributed by atoms with Crippen molar-refractivity contribution in [3.8, 4) is 11.3 Å². The maximum Gasteiger partial charge on any atom is 0.116 e. The fraction of sp³-hybridized carbons (Fsp3) is 0.235. The number of imidazole rings is 1. The van der Waals surface area contributed by atoms with Crippen LogP contribution in [0.3, 0.4) is 0 Å². The predicted octanol–water partition coefficient (Wildman–Crippen LogP) is 3.18. The molecule has 0 spiro atoms. The molecule has 0 saturated heterocycles. The number of hydrogen-bond donors (Lipinski definition) is 1. The summed E-state index contributed by atoms with van der Waals surface area (Å²) < 4.78 is 7.44. The Morgan fingerprint density at radius 2 is 1.91 bits per heavy atom. The third-order valence-electron chi connectivity index (χ3n) is 4.07. The van der Waals surface area contributed by atoms with Crippen molar-refractivity contribution in [1.29, 1.82) is 0 Å². The van der Waals surface area contributed by atoms with E-state index < -0.39 is 0 Å². The molecule has 0 radical (unpaired) electrons. The second-order valence-corrected chi connectivity index (χ2v) is 5.63. The van der Waals surface area contributed by atoms with Gasteiger partial charge in [-0.25, -0.2) is 9.97 Å². The van der Waals surface area contributed by atoms with Gasteiger partial charge in [-0.2, -0.15) is 0 Å². The number of nitrogens with one attached hydrogen (secondary N) is 1. The summed E-state index contributed by atoms with van der Waals surface area (Å²) in [5.41, 5.74) is 5.03. The second kappa shape index (κ2) is 5.48. The topological polar surface area (TPSA) is 68.6 Å². The van der Waals surface area contributed by atoms with Gasteiger partial charge in [-0.05, 0) is 31.2 Å². The molecular formula is C17H17N5O. The average molecular weight is 307 g/mol. The van der Waals surface area contributed by atoms with Gasteiger partial charge in [-0.1, -0.05) is 0 Å². The van der Waals surface area contributed by atoms with E-state index in [1.54, 1.807) is 25.8 Å². The molecule has 6 heteroatoms. The number of pyridine rings is 1. The average Bonchev–Trinajstić information content (AvgIpc) is 3.17. The molecule has 6 nitrogen and oxygen atoms in total. The van der Waals surface area contributed by atoms with Crippen LogP contribution < -0.4 is 0 Å². The predicted molar refractivity (Wildman–Crippen MR) is 89.2 cm³/mol. The smallest absolute Gasteiger partial charge is 0.116 e. The largest absolute Gasteiger partial charge is 0.382 e. The van der Waals surface area contributed by atoms with Crippen molar-refractivity contribution < 1.29 is 4.74 Å². The van der Waals surface area contributed by atoms with Crippen LogP contribution in [0.15, 0.2) is 43.0 Å². The van der Waals surface area contributed by atoms with E-state index in [0.29, 0.717) is 6.61 Å². The van der Waals surface area contributed by atoms with Crippen molar-refractivity contribution in [3.63, 3.8) is 0 Å². The van der Waals surface area contributed by atoms with Gasteiger partial charge >= 0.3 is 0 Å². The number of methoxy groups -OCH3 is 1. The van der Waals surface area contributed by atoms with Gasteiger partial charge < -0.3 is 4.74 Å². The van der Waals surface area contributed by atoms with Gasteiger partial charge in [-0.3, -0.25) is 14.8 Å². The fourth-order valence-electron chi connectivity index (χ4n) is 2.97. The molecule has 0 fully saturated rings. The van der Waals surface area contributed by atoms with Crippen LogP contribution in [0.1, 0.15) is 13.0 Å². The van der Waals surface area contributed by atoms with Crippen LogP contribution in [0.4, 0.5) is 0 Å². The summed E-state index contributed by atoms with van der Waals surface area (Å²) in [6.45, 7) is 2.75. The molecule has 0 bridgehead atoms. The standard InChI is InChI=1S/C17H17N5O/c1-11(9-23-2)22-16-8-15-14(19-10-20-15)7-13(16)17(21-22)12-3-5-18-6-4-12/h3-8,10-11,21H,9H2,1-2H3/t11-/m1/s1. The van der Waals surface area contributed by atoms with Crippen LogP contribution in [-0.4, -0.2) is 38.4 Å². The molecule has 0 saturated carbocycles. The van der Waals surface area contributed by atoms with Crippen LogP contribution in [0.2, 0.25) is 0 Å². The zero-order chi connectivity index (χ0) is 15.8. The van der Waals surface area contributed by atoms with E-state index in [0.717, 1.165) is 33.2 Å². The highest BCUT2D eigenvalue weighted by Crippen LogP contribution is 2.31. The van der Waals surface area contributed by atoms with Crippen LogP contribution in [0, 0.1) is 0 Å². The minimum Gasteiger partial charge on any atom is -0.382 e. The molecule has 4 aromatic rings. The second-order valence-electron chi connectivity index (χ2n) is 5.63. The van der Waals surface area contributed by atoms with Gasteiger partial charge in [0.15, 0.2) is 0 Å². The number of H-pyrrole nitrogens is 1. The Morgan fingerprint density at radius 1 is 1.17 bits per heavy atom. The van der Waals surface area contributed by atoms with Gasteiger partial charge in [0.05, 0.1) is 34.9 Å². The number of fused-ring (bicyclic) bond motifs is 2. The Hall–Kier alpha value is -2.73. The monoisotopic (exact) mass is 307 g/mol. The Kier molecular flexibility index (Phi) is 3.31. The lowest BCUT2D eigenvalue weighted by Crippen LogP contribution is -2.12. The highest BCUT2D eigenvalue weighted by Gasteiger charge is 2.16. The Labute approximate surface area is 133 Å². The van der Waals surface area contributed by atoms with E-state index in [9.17, 15) is 0 Å². The van der Waals surface area contributed by atoms with Crippen molar-refractivity contribution in [2.45, 2.75) is 13.0 Å². The maximum absolute atomic E-state index is 5.32. The van der Waals surface area contributed by atoms with E-state index in [-0.39, 0.29) is 6.04 Å². The quantitative estimate of drug-likeness (QED) is 0.628. The first kappa shape index (κ1) is 13.9. The fourth-order valence-corrected chi connectivity index (χ4v) is 2.97. The van der Waals surface area contributed by atoms with Crippen molar-refractivity contribution in [1.82, 2.24) is 24.7 Å². The van der Waals surface area contributed by atoms with Crippen molar-refractivity contribution >= 4 is 21.9 Å². The molecule has 0 unspecified atom stereocenters. The minimum absolute atomic E-state index is 0.179. The Balaban J connectivity index is 2.01. The molecule has 116 valence electrons. The van der Waals surface area contributed by atoms with Gasteiger partial charge in [0.1, 0.15) is 6.33 Å². The molecule has 0 aliphatic carbocycles. The minimum atomic E-state index is 0.179. The molecule has 4 rings (SSSR count). The molecule has 3 heterocycles. The van der Waals surface area contributed by atoms with E-state index in [4.69, 9.17) is 4.74 Å². The summed E-state index contributed by atoms with van der Waals surface area (Å²) in [6.07, 6.45) is 5.19. The summed E-state index contributed by atoms with van der Waals surface area (Å²) in [4.78, 5) is 12.7. The van der Waals surface area contributed by atoms with E-state index >= 15 is 0 Å². The summed E-state index contributed by atoms with van der Waals surface area (Å²) in [5, 5.41) is 4.63. The molecule has 1 atom stereocenters. The van der Waals surface area contributed by atoms with Crippen molar-refractivity contribution in [3.05, 3.63) is 43.0 Å². The van der Waals surface area contributed by atoms with Gasteiger partial charge in [0.2, 0.25) is 0 Å².